The Morgan fingerprint density at radius 3 is 2.55 bits per heavy atom. The number of non-ortho nitro benzene ring substituents is 1. The topological polar surface area (TPSA) is 119 Å². The summed E-state index contributed by atoms with van der Waals surface area (Å²) in [5, 5.41) is 12.9. The number of hydrogen-bond donors (Lipinski definition) is 1. The molecule has 1 N–H and O–H groups in total. The molecule has 3 rings (SSSR count). The summed E-state index contributed by atoms with van der Waals surface area (Å²) in [5.41, 5.74) is -0.123. The molecule has 2 saturated heterocycles. The molecule has 3 amide bonds. The summed E-state index contributed by atoms with van der Waals surface area (Å²) < 4.78 is 43.2. The summed E-state index contributed by atoms with van der Waals surface area (Å²) in [6.45, 7) is 0. The molecule has 1 aromatic rings. The van der Waals surface area contributed by atoms with E-state index in [1.807, 2.05) is 0 Å². The van der Waals surface area contributed by atoms with Gasteiger partial charge in [-0.3, -0.25) is 24.6 Å². The minimum atomic E-state index is -5.11. The molecule has 0 aromatic heterocycles. The highest BCUT2D eigenvalue weighted by Crippen LogP contribution is 2.38. The van der Waals surface area contributed by atoms with Crippen LogP contribution in [0.3, 0.4) is 0 Å². The second kappa shape index (κ2) is 9.12. The fourth-order valence-electron chi connectivity index (χ4n) is 3.54. The zero-order valence-corrected chi connectivity index (χ0v) is 16.8. The first-order chi connectivity index (χ1) is 14.6. The van der Waals surface area contributed by atoms with Crippen LogP contribution in [-0.4, -0.2) is 57.0 Å². The van der Waals surface area contributed by atoms with E-state index in [2.05, 4.69) is 5.32 Å². The number of hydrogen-bond acceptors (Lipinski definition) is 7. The Morgan fingerprint density at radius 1 is 1.26 bits per heavy atom. The van der Waals surface area contributed by atoms with Crippen molar-refractivity contribution in [1.29, 1.82) is 0 Å². The summed E-state index contributed by atoms with van der Waals surface area (Å²) in [7, 11) is 0. The van der Waals surface area contributed by atoms with E-state index in [0.717, 1.165) is 0 Å². The molecule has 2 fully saturated rings. The molecular weight excluding hydrogens is 443 g/mol. The van der Waals surface area contributed by atoms with Crippen LogP contribution in [0.1, 0.15) is 25.7 Å². The number of nitrogens with zero attached hydrogens (tertiary/aromatic N) is 2. The van der Waals surface area contributed by atoms with Crippen molar-refractivity contribution in [2.75, 3.05) is 5.75 Å². The Balaban J connectivity index is 1.42. The molecule has 2 aliphatic heterocycles. The Morgan fingerprint density at radius 2 is 1.94 bits per heavy atom. The molecule has 0 unspecified atom stereocenters. The van der Waals surface area contributed by atoms with Crippen molar-refractivity contribution >= 4 is 35.4 Å². The van der Waals surface area contributed by atoms with Gasteiger partial charge in [0.25, 0.3) is 5.69 Å². The van der Waals surface area contributed by atoms with Gasteiger partial charge in [-0.25, -0.2) is 4.79 Å². The third-order valence-corrected chi connectivity index (χ3v) is 6.49. The minimum Gasteiger partial charge on any atom is -0.427 e. The van der Waals surface area contributed by atoms with Crippen molar-refractivity contribution in [1.82, 2.24) is 10.2 Å². The normalized spacial score (nSPS) is 22.7. The number of benzene rings is 1. The van der Waals surface area contributed by atoms with Crippen LogP contribution in [0.5, 0.6) is 5.75 Å². The molecule has 13 heteroatoms. The molecule has 0 aliphatic carbocycles. The van der Waals surface area contributed by atoms with Crippen LogP contribution in [0.4, 0.5) is 23.7 Å². The summed E-state index contributed by atoms with van der Waals surface area (Å²) in [6.07, 6.45) is -3.45. The molecule has 0 radical (unpaired) electrons. The number of imide groups is 1. The molecule has 9 nitrogen and oxygen atoms in total. The van der Waals surface area contributed by atoms with Crippen molar-refractivity contribution < 1.29 is 37.2 Å². The molecular formula is C18H18F3N3O6S. The number of fused-ring (bicyclic) bond motifs is 1. The highest BCUT2D eigenvalue weighted by atomic mass is 32.2. The monoisotopic (exact) mass is 461 g/mol. The van der Waals surface area contributed by atoms with E-state index in [9.17, 15) is 37.7 Å². The zero-order chi connectivity index (χ0) is 22.8. The predicted octanol–water partition coefficient (Wildman–Crippen LogP) is 3.03. The maximum atomic E-state index is 12.7. The number of amides is 3. The minimum absolute atomic E-state index is 0.0908. The summed E-state index contributed by atoms with van der Waals surface area (Å²) in [4.78, 5) is 45.6. The second-order valence-corrected chi connectivity index (χ2v) is 8.33. The third kappa shape index (κ3) is 5.27. The van der Waals surface area contributed by atoms with Gasteiger partial charge in [-0.1, -0.05) is 6.42 Å². The van der Waals surface area contributed by atoms with Gasteiger partial charge in [-0.2, -0.15) is 24.9 Å². The van der Waals surface area contributed by atoms with Gasteiger partial charge in [0.15, 0.2) is 0 Å². The number of nitrogens with one attached hydrogen (secondary N) is 1. The van der Waals surface area contributed by atoms with Crippen LogP contribution in [0, 0.1) is 10.1 Å². The van der Waals surface area contributed by atoms with E-state index in [0.29, 0.717) is 19.3 Å². The van der Waals surface area contributed by atoms with Gasteiger partial charge >= 0.3 is 24.1 Å². The number of carbonyl (C=O) groups excluding carboxylic acids is 3. The highest BCUT2D eigenvalue weighted by molar-refractivity contribution is 8.00. The Hall–Kier alpha value is -2.83. The van der Waals surface area contributed by atoms with Crippen molar-refractivity contribution in [2.45, 2.75) is 49.2 Å². The Labute approximate surface area is 178 Å². The number of unbranched alkanes of at least 4 members (excludes halogenated alkanes) is 1. The van der Waals surface area contributed by atoms with Crippen molar-refractivity contribution in [3.8, 4) is 5.75 Å². The Bertz CT molecular complexity index is 879. The van der Waals surface area contributed by atoms with Gasteiger partial charge in [-0.05, 0) is 25.0 Å². The second-order valence-electron chi connectivity index (χ2n) is 7.06. The zero-order valence-electron chi connectivity index (χ0n) is 16.0. The quantitative estimate of drug-likeness (QED) is 0.166. The van der Waals surface area contributed by atoms with Crippen LogP contribution >= 0.6 is 11.8 Å². The first kappa shape index (κ1) is 22.8. The summed E-state index contributed by atoms with van der Waals surface area (Å²) in [6, 6.07) is 2.65. The fraction of sp³-hybridized carbons (Fsp3) is 0.500. The van der Waals surface area contributed by atoms with Gasteiger partial charge in [0, 0.05) is 29.6 Å². The van der Waals surface area contributed by atoms with E-state index in [-0.39, 0.29) is 33.8 Å². The Kier molecular flexibility index (Phi) is 6.72. The van der Waals surface area contributed by atoms with Gasteiger partial charge in [0.2, 0.25) is 0 Å². The smallest absolute Gasteiger partial charge is 0.427 e. The lowest BCUT2D eigenvalue weighted by Crippen LogP contribution is -2.47. The van der Waals surface area contributed by atoms with Crippen LogP contribution in [-0.2, 0) is 9.59 Å². The van der Waals surface area contributed by atoms with E-state index in [1.54, 1.807) is 0 Å². The number of carbonyl (C=O) groups is 3. The van der Waals surface area contributed by atoms with Crippen LogP contribution < -0.4 is 10.1 Å². The molecule has 0 bridgehead atoms. The number of esters is 1. The van der Waals surface area contributed by atoms with Crippen LogP contribution in [0.25, 0.3) is 0 Å². The maximum Gasteiger partial charge on any atom is 0.471 e. The van der Waals surface area contributed by atoms with Gasteiger partial charge < -0.3 is 10.1 Å². The SMILES string of the molecule is O=C(CCCC[C@@H]1SC[C@@H]2[C@@H]1NC(=O)N2C(=O)C(F)(F)F)Oc1ccc([N+](=O)[O-])cc1. The first-order valence-corrected chi connectivity index (χ1v) is 10.4. The van der Waals surface area contributed by atoms with E-state index in [4.69, 9.17) is 4.74 Å². The number of alkyl halides is 3. The maximum absolute atomic E-state index is 12.7. The summed E-state index contributed by atoms with van der Waals surface area (Å²) in [5.74, 6) is -2.26. The number of halogens is 3. The predicted molar refractivity (Wildman–Crippen MR) is 102 cm³/mol. The lowest BCUT2D eigenvalue weighted by molar-refractivity contribution is -0.384. The molecule has 2 heterocycles. The molecule has 2 aliphatic rings. The van der Waals surface area contributed by atoms with Gasteiger partial charge in [-0.15, -0.1) is 0 Å². The van der Waals surface area contributed by atoms with E-state index in [1.165, 1.54) is 36.0 Å². The molecule has 1 aromatic carbocycles. The number of nitro groups is 1. The van der Waals surface area contributed by atoms with Crippen LogP contribution in [0.2, 0.25) is 0 Å². The average molecular weight is 461 g/mol. The fourth-order valence-corrected chi connectivity index (χ4v) is 5.13. The van der Waals surface area contributed by atoms with Gasteiger partial charge in [0.05, 0.1) is 17.0 Å². The van der Waals surface area contributed by atoms with Crippen LogP contribution in [0.15, 0.2) is 24.3 Å². The molecule has 3 atom stereocenters. The number of nitro benzene ring substituents is 1. The lowest BCUT2D eigenvalue weighted by Gasteiger charge is -2.20. The van der Waals surface area contributed by atoms with Crippen molar-refractivity contribution in [3.63, 3.8) is 0 Å². The molecule has 0 saturated carbocycles. The summed E-state index contributed by atoms with van der Waals surface area (Å²) >= 11 is 1.39. The standard InChI is InChI=1S/C18H18F3N3O6S/c19-18(20,21)16(26)23-12-9-31-13(15(12)22-17(23)27)3-1-2-4-14(25)30-11-7-5-10(6-8-11)24(28)29/h5-8,12-13,15H,1-4,9H2,(H,22,27)/t12-,13+,15+/m1/s1. The largest absolute Gasteiger partial charge is 0.471 e. The molecule has 0 spiro atoms. The van der Waals surface area contributed by atoms with Crippen molar-refractivity contribution in [3.05, 3.63) is 34.4 Å². The van der Waals surface area contributed by atoms with E-state index < -0.39 is 41.1 Å². The number of thioether (sulfide) groups is 1. The lowest BCUT2D eigenvalue weighted by atomic mass is 10.0. The number of ether oxygens (including phenoxy) is 1. The highest BCUT2D eigenvalue weighted by Gasteiger charge is 2.56. The average Bonchev–Trinajstić information content (AvgIpc) is 3.22. The first-order valence-electron chi connectivity index (χ1n) is 9.35. The molecule has 31 heavy (non-hydrogen) atoms. The van der Waals surface area contributed by atoms with E-state index >= 15 is 0 Å². The van der Waals surface area contributed by atoms with Crippen molar-refractivity contribution in [2.24, 2.45) is 0 Å². The number of rotatable bonds is 7. The number of urea groups is 1. The third-order valence-electron chi connectivity index (χ3n) is 5.00. The van der Waals surface area contributed by atoms with Gasteiger partial charge in [0.1, 0.15) is 5.75 Å². The molecule has 168 valence electrons.